The van der Waals surface area contributed by atoms with Crippen LogP contribution >= 0.6 is 0 Å². The summed E-state index contributed by atoms with van der Waals surface area (Å²) in [4.78, 5) is 19.1. The number of carbonyl (C=O) groups is 1. The molecule has 1 aromatic carbocycles. The first kappa shape index (κ1) is 15.9. The summed E-state index contributed by atoms with van der Waals surface area (Å²) in [5, 5.41) is 4.32. The second kappa shape index (κ2) is 6.71. The summed E-state index contributed by atoms with van der Waals surface area (Å²) in [5.41, 5.74) is 3.42. The molecule has 6 heteroatoms. The highest BCUT2D eigenvalue weighted by atomic mass is 16.2. The Morgan fingerprint density at radius 1 is 1.20 bits per heavy atom. The number of benzene rings is 1. The molecule has 3 heterocycles. The van der Waals surface area contributed by atoms with Crippen molar-refractivity contribution < 1.29 is 4.79 Å². The lowest BCUT2D eigenvalue weighted by Crippen LogP contribution is -2.38. The van der Waals surface area contributed by atoms with Crippen molar-refractivity contribution in [3.05, 3.63) is 54.4 Å². The van der Waals surface area contributed by atoms with Crippen LogP contribution in [0.1, 0.15) is 30.1 Å². The van der Waals surface area contributed by atoms with Crippen molar-refractivity contribution in [1.29, 1.82) is 0 Å². The molecule has 1 amide bonds. The zero-order chi connectivity index (χ0) is 17.2. The van der Waals surface area contributed by atoms with Gasteiger partial charge in [-0.25, -0.2) is 9.50 Å². The summed E-state index contributed by atoms with van der Waals surface area (Å²) in [6, 6.07) is 11.6. The van der Waals surface area contributed by atoms with E-state index in [0.717, 1.165) is 48.2 Å². The number of likely N-dealkylation sites (tertiary alicyclic amines) is 1. The number of fused-ring (bicyclic) bond motifs is 1. The molecule has 2 aromatic heterocycles. The molecule has 1 aliphatic rings. The Hall–Kier alpha value is -2.63. The smallest absolute Gasteiger partial charge is 0.253 e. The lowest BCUT2D eigenvalue weighted by molar-refractivity contribution is 0.0697. The van der Waals surface area contributed by atoms with Crippen molar-refractivity contribution in [3.63, 3.8) is 0 Å². The summed E-state index contributed by atoms with van der Waals surface area (Å²) in [6.07, 6.45) is 5.71. The van der Waals surface area contributed by atoms with Crippen LogP contribution in [0.4, 0.5) is 0 Å². The van der Waals surface area contributed by atoms with Gasteiger partial charge in [-0.05, 0) is 37.0 Å². The van der Waals surface area contributed by atoms with Crippen LogP contribution in [-0.2, 0) is 0 Å². The Morgan fingerprint density at radius 3 is 2.88 bits per heavy atom. The maximum atomic E-state index is 12.8. The summed E-state index contributed by atoms with van der Waals surface area (Å²) >= 11 is 0. The number of hydrogen-bond donors (Lipinski definition) is 0. The predicted molar refractivity (Wildman–Crippen MR) is 98.8 cm³/mol. The number of hydrogen-bond acceptors (Lipinski definition) is 3. The Kier molecular flexibility index (Phi) is 4.26. The maximum Gasteiger partial charge on any atom is 0.253 e. The first-order valence-corrected chi connectivity index (χ1v) is 8.73. The van der Waals surface area contributed by atoms with E-state index < -0.39 is 0 Å². The topological polar surface area (TPSA) is 50.5 Å². The summed E-state index contributed by atoms with van der Waals surface area (Å²) in [5.74, 6) is 0.838. The zero-order valence-electron chi connectivity index (χ0n) is 14.3. The Bertz CT molecular complexity index is 899. The third-order valence-corrected chi connectivity index (χ3v) is 4.82. The van der Waals surface area contributed by atoms with Crippen molar-refractivity contribution in [1.82, 2.24) is 19.5 Å². The second-order valence-corrected chi connectivity index (χ2v) is 6.72. The Morgan fingerprint density at radius 2 is 2.04 bits per heavy atom. The van der Waals surface area contributed by atoms with E-state index >= 15 is 0 Å². The highest BCUT2D eigenvalue weighted by Gasteiger charge is 2.21. The average molecular weight is 331 g/mol. The van der Waals surface area contributed by atoms with E-state index in [4.69, 9.17) is 0 Å². The minimum Gasteiger partial charge on any atom is -0.339 e. The van der Waals surface area contributed by atoms with Crippen LogP contribution in [0.3, 0.4) is 0 Å². The molecule has 25 heavy (non-hydrogen) atoms. The second-order valence-electron chi connectivity index (χ2n) is 6.72. The standard InChI is InChI=1S/C19H20BN4O/c1-14-7-10-23(11-8-14)19(25)15-4-2-5-16(12-15)20-17-13-21-18-6-3-9-22-24(17)18/h2-6,9,12-14H,7-8,10-11H2,1H3. The van der Waals surface area contributed by atoms with E-state index in [2.05, 4.69) is 17.0 Å². The van der Waals surface area contributed by atoms with Gasteiger partial charge in [-0.3, -0.25) is 4.79 Å². The molecule has 0 spiro atoms. The van der Waals surface area contributed by atoms with E-state index in [0.29, 0.717) is 5.92 Å². The lowest BCUT2D eigenvalue weighted by Gasteiger charge is -2.30. The van der Waals surface area contributed by atoms with Gasteiger partial charge in [0.2, 0.25) is 7.28 Å². The van der Waals surface area contributed by atoms with Crippen molar-refractivity contribution in [2.75, 3.05) is 13.1 Å². The van der Waals surface area contributed by atoms with Gasteiger partial charge >= 0.3 is 0 Å². The lowest BCUT2D eigenvalue weighted by atomic mass is 9.67. The Labute approximate surface area is 147 Å². The molecule has 0 unspecified atom stereocenters. The first-order chi connectivity index (χ1) is 12.2. The van der Waals surface area contributed by atoms with E-state index in [1.807, 2.05) is 48.6 Å². The van der Waals surface area contributed by atoms with Crippen LogP contribution in [0.5, 0.6) is 0 Å². The molecule has 3 aromatic rings. The first-order valence-electron chi connectivity index (χ1n) is 8.73. The fraction of sp³-hybridized carbons (Fsp3) is 0.316. The molecule has 0 saturated carbocycles. The van der Waals surface area contributed by atoms with Crippen LogP contribution in [0.15, 0.2) is 48.8 Å². The highest BCUT2D eigenvalue weighted by Crippen LogP contribution is 2.17. The van der Waals surface area contributed by atoms with Crippen LogP contribution in [0.2, 0.25) is 0 Å². The SMILES string of the molecule is CC1CCN(C(=O)c2cccc([B]c3cnc4cccnn34)c2)CC1. The van der Waals surface area contributed by atoms with E-state index in [1.165, 1.54) is 0 Å². The molecule has 1 radical (unpaired) electrons. The summed E-state index contributed by atoms with van der Waals surface area (Å²) in [7, 11) is 2.00. The number of carbonyl (C=O) groups excluding carboxylic acids is 1. The van der Waals surface area contributed by atoms with Crippen LogP contribution in [-0.4, -0.2) is 45.8 Å². The van der Waals surface area contributed by atoms with Gasteiger partial charge in [0.1, 0.15) is 0 Å². The van der Waals surface area contributed by atoms with Gasteiger partial charge in [0.15, 0.2) is 5.65 Å². The fourth-order valence-electron chi connectivity index (χ4n) is 3.27. The molecule has 125 valence electrons. The molecule has 0 atom stereocenters. The number of imidazole rings is 1. The number of aromatic nitrogens is 3. The molecular weight excluding hydrogens is 311 g/mol. The minimum atomic E-state index is 0.124. The molecule has 5 nitrogen and oxygen atoms in total. The number of rotatable bonds is 3. The van der Waals surface area contributed by atoms with E-state index in [1.54, 1.807) is 16.9 Å². The van der Waals surface area contributed by atoms with Crippen LogP contribution < -0.4 is 11.1 Å². The molecule has 0 aliphatic carbocycles. The summed E-state index contributed by atoms with van der Waals surface area (Å²) < 4.78 is 1.79. The Balaban J connectivity index is 1.54. The van der Waals surface area contributed by atoms with Crippen LogP contribution in [0.25, 0.3) is 5.65 Å². The third-order valence-electron chi connectivity index (χ3n) is 4.82. The third kappa shape index (κ3) is 3.29. The van der Waals surface area contributed by atoms with Crippen molar-refractivity contribution >= 4 is 29.9 Å². The maximum absolute atomic E-state index is 12.8. The fourth-order valence-corrected chi connectivity index (χ4v) is 3.27. The van der Waals surface area contributed by atoms with Gasteiger partial charge in [-0.1, -0.05) is 30.6 Å². The van der Waals surface area contributed by atoms with Crippen LogP contribution in [0, 0.1) is 5.92 Å². The van der Waals surface area contributed by atoms with Gasteiger partial charge in [0.25, 0.3) is 5.91 Å². The van der Waals surface area contributed by atoms with Gasteiger partial charge in [0, 0.05) is 36.6 Å². The molecule has 1 fully saturated rings. The normalized spacial score (nSPS) is 15.5. The van der Waals surface area contributed by atoms with Crippen molar-refractivity contribution in [2.24, 2.45) is 5.92 Å². The highest BCUT2D eigenvalue weighted by molar-refractivity contribution is 6.66. The minimum absolute atomic E-state index is 0.124. The number of amides is 1. The molecule has 4 rings (SSSR count). The van der Waals surface area contributed by atoms with Crippen molar-refractivity contribution in [3.8, 4) is 0 Å². The quantitative estimate of drug-likeness (QED) is 0.679. The predicted octanol–water partition coefficient (Wildman–Crippen LogP) is 1.26. The molecular formula is C19H20BN4O. The average Bonchev–Trinajstić information content (AvgIpc) is 3.05. The number of piperidine rings is 1. The van der Waals surface area contributed by atoms with E-state index in [-0.39, 0.29) is 5.91 Å². The van der Waals surface area contributed by atoms with Gasteiger partial charge in [-0.2, -0.15) is 5.10 Å². The largest absolute Gasteiger partial charge is 0.339 e. The van der Waals surface area contributed by atoms with Gasteiger partial charge < -0.3 is 4.90 Å². The molecule has 0 N–H and O–H groups in total. The molecule has 1 aliphatic heterocycles. The van der Waals surface area contributed by atoms with E-state index in [9.17, 15) is 4.79 Å². The van der Waals surface area contributed by atoms with Gasteiger partial charge in [0.05, 0.1) is 0 Å². The van der Waals surface area contributed by atoms with Gasteiger partial charge in [-0.15, -0.1) is 0 Å². The monoisotopic (exact) mass is 331 g/mol. The van der Waals surface area contributed by atoms with Crippen molar-refractivity contribution in [2.45, 2.75) is 19.8 Å². The number of nitrogens with zero attached hydrogens (tertiary/aromatic N) is 4. The molecule has 1 saturated heterocycles. The molecule has 0 bridgehead atoms. The zero-order valence-corrected chi connectivity index (χ0v) is 14.3. The summed E-state index contributed by atoms with van der Waals surface area (Å²) in [6.45, 7) is 3.96.